The van der Waals surface area contributed by atoms with Crippen molar-refractivity contribution in [3.63, 3.8) is 0 Å². The first-order valence-corrected chi connectivity index (χ1v) is 15.7. The van der Waals surface area contributed by atoms with E-state index in [1.807, 2.05) is 0 Å². The number of nitrogens with zero attached hydrogens (tertiary/aromatic N) is 1. The van der Waals surface area contributed by atoms with E-state index in [0.29, 0.717) is 6.54 Å². The average molecular weight is 670 g/mol. The van der Waals surface area contributed by atoms with Crippen LogP contribution in [-0.2, 0) is 0 Å². The van der Waals surface area contributed by atoms with Crippen LogP contribution in [0, 0.1) is 0 Å². The average Bonchev–Trinajstić information content (AvgIpc) is 2.83. The molecule has 0 aliphatic carbocycles. The van der Waals surface area contributed by atoms with E-state index < -0.39 is 6.10 Å². The Bertz CT molecular complexity index is 1070. The second kappa shape index (κ2) is 15.1. The standard InChI is InChI=1S/C30H40Br3NO/c1-3-5-7-9-11-17-34(18-12-10-8-6-4-2)21-28(35)29-26-19-22(31)13-15-24(26)25-16-14-23(32)20-27(25)30(29)33/h13-16,19-20,28,35H,3-12,17-18,21H2,1-2H3. The zero-order valence-electron chi connectivity index (χ0n) is 21.3. The highest BCUT2D eigenvalue weighted by Crippen LogP contribution is 2.41. The van der Waals surface area contributed by atoms with Crippen LogP contribution in [0.25, 0.3) is 21.5 Å². The number of halogens is 3. The molecular formula is C30H40Br3NO. The zero-order valence-corrected chi connectivity index (χ0v) is 26.0. The van der Waals surface area contributed by atoms with Crippen LogP contribution in [0.3, 0.4) is 0 Å². The minimum absolute atomic E-state index is 0.559. The summed E-state index contributed by atoms with van der Waals surface area (Å²) in [6.45, 7) is 7.32. The van der Waals surface area contributed by atoms with Crippen LogP contribution in [0.2, 0.25) is 0 Å². The number of aliphatic hydroxyl groups is 1. The maximum atomic E-state index is 11.7. The molecule has 0 saturated heterocycles. The third kappa shape index (κ3) is 8.26. The molecule has 1 N–H and O–H groups in total. The lowest BCUT2D eigenvalue weighted by molar-refractivity contribution is 0.111. The first-order valence-electron chi connectivity index (χ1n) is 13.4. The molecular weight excluding hydrogens is 630 g/mol. The molecule has 0 aromatic heterocycles. The fourth-order valence-electron chi connectivity index (χ4n) is 5.00. The molecule has 1 atom stereocenters. The highest BCUT2D eigenvalue weighted by atomic mass is 79.9. The first-order chi connectivity index (χ1) is 17.0. The third-order valence-corrected chi connectivity index (χ3v) is 8.78. The van der Waals surface area contributed by atoms with Crippen molar-refractivity contribution in [2.24, 2.45) is 0 Å². The Labute approximate surface area is 237 Å². The summed E-state index contributed by atoms with van der Waals surface area (Å²) in [5.74, 6) is 0. The molecule has 192 valence electrons. The van der Waals surface area contributed by atoms with Gasteiger partial charge in [0.2, 0.25) is 0 Å². The Morgan fingerprint density at radius 1 is 0.657 bits per heavy atom. The topological polar surface area (TPSA) is 23.5 Å². The SMILES string of the molecule is CCCCCCCN(CCCCCCC)CC(O)c1c(Br)c2cc(Br)ccc2c2ccc(Br)cc12. The largest absolute Gasteiger partial charge is 0.387 e. The maximum absolute atomic E-state index is 11.7. The molecule has 3 aromatic carbocycles. The fraction of sp³-hybridized carbons (Fsp3) is 0.533. The van der Waals surface area contributed by atoms with Crippen LogP contribution in [0.1, 0.15) is 89.7 Å². The van der Waals surface area contributed by atoms with E-state index in [-0.39, 0.29) is 0 Å². The van der Waals surface area contributed by atoms with Gasteiger partial charge in [0.15, 0.2) is 0 Å². The molecule has 0 amide bonds. The van der Waals surface area contributed by atoms with Gasteiger partial charge in [-0.3, -0.25) is 0 Å². The second-order valence-corrected chi connectivity index (χ2v) is 12.4. The summed E-state index contributed by atoms with van der Waals surface area (Å²) in [5, 5.41) is 16.3. The van der Waals surface area contributed by atoms with Crippen molar-refractivity contribution in [3.8, 4) is 0 Å². The van der Waals surface area contributed by atoms with Crippen molar-refractivity contribution in [2.75, 3.05) is 19.6 Å². The molecule has 3 rings (SSSR count). The van der Waals surface area contributed by atoms with Crippen LogP contribution in [0.15, 0.2) is 49.8 Å². The van der Waals surface area contributed by atoms with Crippen LogP contribution in [-0.4, -0.2) is 29.6 Å². The molecule has 35 heavy (non-hydrogen) atoms. The number of benzene rings is 3. The lowest BCUT2D eigenvalue weighted by Gasteiger charge is -2.27. The molecule has 0 radical (unpaired) electrons. The minimum atomic E-state index is -0.559. The van der Waals surface area contributed by atoms with E-state index in [1.165, 1.54) is 75.0 Å². The summed E-state index contributed by atoms with van der Waals surface area (Å²) in [7, 11) is 0. The molecule has 0 saturated carbocycles. The predicted molar refractivity (Wildman–Crippen MR) is 163 cm³/mol. The first kappa shape index (κ1) is 29.1. The van der Waals surface area contributed by atoms with Gasteiger partial charge in [0, 0.05) is 25.5 Å². The summed E-state index contributed by atoms with van der Waals surface area (Å²) < 4.78 is 3.08. The second-order valence-electron chi connectivity index (χ2n) is 9.75. The summed E-state index contributed by atoms with van der Waals surface area (Å²) in [6, 6.07) is 12.8. The van der Waals surface area contributed by atoms with E-state index in [4.69, 9.17) is 0 Å². The number of rotatable bonds is 15. The summed E-state index contributed by atoms with van der Waals surface area (Å²) >= 11 is 11.2. The lowest BCUT2D eigenvalue weighted by atomic mass is 9.94. The van der Waals surface area contributed by atoms with Gasteiger partial charge in [0.05, 0.1) is 6.10 Å². The van der Waals surface area contributed by atoms with Crippen LogP contribution >= 0.6 is 47.8 Å². The van der Waals surface area contributed by atoms with Crippen molar-refractivity contribution < 1.29 is 5.11 Å². The van der Waals surface area contributed by atoms with Gasteiger partial charge in [0.1, 0.15) is 0 Å². The van der Waals surface area contributed by atoms with Crippen molar-refractivity contribution in [3.05, 3.63) is 55.4 Å². The molecule has 0 heterocycles. The van der Waals surface area contributed by atoms with Gasteiger partial charge in [0.25, 0.3) is 0 Å². The van der Waals surface area contributed by atoms with Gasteiger partial charge in [-0.1, -0.05) is 109 Å². The number of hydrogen-bond acceptors (Lipinski definition) is 2. The monoisotopic (exact) mass is 667 g/mol. The van der Waals surface area contributed by atoms with Gasteiger partial charge in [-0.05, 0) is 87.7 Å². The van der Waals surface area contributed by atoms with E-state index in [2.05, 4.69) is 103 Å². The van der Waals surface area contributed by atoms with Gasteiger partial charge in [-0.2, -0.15) is 0 Å². The Hall–Kier alpha value is -0.460. The number of hydrogen-bond donors (Lipinski definition) is 1. The Morgan fingerprint density at radius 2 is 1.14 bits per heavy atom. The van der Waals surface area contributed by atoms with E-state index in [1.54, 1.807) is 0 Å². The predicted octanol–water partition coefficient (Wildman–Crippen LogP) is 10.6. The molecule has 2 nitrogen and oxygen atoms in total. The van der Waals surface area contributed by atoms with E-state index in [0.717, 1.165) is 42.8 Å². The highest BCUT2D eigenvalue weighted by molar-refractivity contribution is 9.11. The van der Waals surface area contributed by atoms with Crippen molar-refractivity contribution >= 4 is 69.3 Å². The summed E-state index contributed by atoms with van der Waals surface area (Å²) in [4.78, 5) is 2.50. The van der Waals surface area contributed by atoms with Crippen LogP contribution in [0.4, 0.5) is 0 Å². The highest BCUT2D eigenvalue weighted by Gasteiger charge is 2.22. The molecule has 0 aliphatic rings. The van der Waals surface area contributed by atoms with Crippen LogP contribution in [0.5, 0.6) is 0 Å². The molecule has 1 unspecified atom stereocenters. The summed E-state index contributed by atoms with van der Waals surface area (Å²) in [6.07, 6.45) is 12.2. The smallest absolute Gasteiger partial charge is 0.0934 e. The zero-order chi connectivity index (χ0) is 25.2. The molecule has 3 aromatic rings. The molecule has 0 bridgehead atoms. The Morgan fingerprint density at radius 3 is 1.69 bits per heavy atom. The number of unbranched alkanes of at least 4 members (excludes halogenated alkanes) is 8. The quantitative estimate of drug-likeness (QED) is 0.129. The van der Waals surface area contributed by atoms with Crippen LogP contribution < -0.4 is 0 Å². The van der Waals surface area contributed by atoms with Crippen molar-refractivity contribution in [2.45, 2.75) is 84.2 Å². The number of fused-ring (bicyclic) bond motifs is 3. The van der Waals surface area contributed by atoms with E-state index >= 15 is 0 Å². The molecule has 5 heteroatoms. The van der Waals surface area contributed by atoms with Crippen molar-refractivity contribution in [1.82, 2.24) is 4.90 Å². The van der Waals surface area contributed by atoms with E-state index in [9.17, 15) is 5.11 Å². The number of aliphatic hydroxyl groups excluding tert-OH is 1. The Balaban J connectivity index is 1.87. The van der Waals surface area contributed by atoms with Gasteiger partial charge in [-0.25, -0.2) is 0 Å². The molecule has 0 aliphatic heterocycles. The third-order valence-electron chi connectivity index (χ3n) is 6.94. The maximum Gasteiger partial charge on any atom is 0.0934 e. The minimum Gasteiger partial charge on any atom is -0.387 e. The molecule has 0 fully saturated rings. The van der Waals surface area contributed by atoms with Gasteiger partial charge >= 0.3 is 0 Å². The summed E-state index contributed by atoms with van der Waals surface area (Å²) in [5.41, 5.74) is 0.994. The van der Waals surface area contributed by atoms with Gasteiger partial charge < -0.3 is 10.0 Å². The Kier molecular flexibility index (Phi) is 12.5. The molecule has 0 spiro atoms. The lowest BCUT2D eigenvalue weighted by Crippen LogP contribution is -2.31. The fourth-order valence-corrected chi connectivity index (χ4v) is 6.53. The normalized spacial score (nSPS) is 12.8. The van der Waals surface area contributed by atoms with Crippen molar-refractivity contribution in [1.29, 1.82) is 0 Å². The van der Waals surface area contributed by atoms with Gasteiger partial charge in [-0.15, -0.1) is 0 Å².